The Labute approximate surface area is 118 Å². The Bertz CT molecular complexity index is 578. The monoisotopic (exact) mass is 301 g/mol. The predicted molar refractivity (Wildman–Crippen MR) is 69.0 cm³/mol. The molecule has 21 heavy (non-hydrogen) atoms. The van der Waals surface area contributed by atoms with Crippen molar-refractivity contribution in [2.75, 3.05) is 18.9 Å². The Morgan fingerprint density at radius 2 is 1.81 bits per heavy atom. The summed E-state index contributed by atoms with van der Waals surface area (Å²) in [6, 6.07) is 0.196. The molecule has 9 heteroatoms. The molecule has 4 N–H and O–H groups in total. The van der Waals surface area contributed by atoms with Crippen molar-refractivity contribution in [1.82, 2.24) is 10.6 Å². The number of anilines is 1. The summed E-state index contributed by atoms with van der Waals surface area (Å²) in [6.07, 6.45) is 0.0213. The molecule has 0 bridgehead atoms. The molecule has 7 nitrogen and oxygen atoms in total. The molecule has 0 saturated heterocycles. The van der Waals surface area contributed by atoms with Crippen LogP contribution in [0.2, 0.25) is 0 Å². The second-order valence-corrected chi connectivity index (χ2v) is 3.92. The molecule has 0 atom stereocenters. The minimum atomic E-state index is -1.52. The molecule has 0 aromatic heterocycles. The fraction of sp³-hybridized carbons (Fsp3) is 0.250. The van der Waals surface area contributed by atoms with Gasteiger partial charge < -0.3 is 21.1 Å². The standard InChI is InChI=1S/C12H13F2N3O4/c1-15-10(18)2-3-16-12(21)17-9-5-8(14)7(13)4-6(9)11(19)20/h4-5H,2-3H2,1H3,(H,15,18)(H,19,20)(H2,16,17,21). The first kappa shape index (κ1) is 16.3. The highest BCUT2D eigenvalue weighted by Gasteiger charge is 2.17. The zero-order valence-electron chi connectivity index (χ0n) is 11.0. The third kappa shape index (κ3) is 4.71. The SMILES string of the molecule is CNC(=O)CCNC(=O)Nc1cc(F)c(F)cc1C(=O)O. The highest BCUT2D eigenvalue weighted by atomic mass is 19.2. The van der Waals surface area contributed by atoms with Crippen molar-refractivity contribution in [3.05, 3.63) is 29.3 Å². The number of carboxylic acid groups (broad SMARTS) is 1. The summed E-state index contributed by atoms with van der Waals surface area (Å²) in [4.78, 5) is 33.3. The lowest BCUT2D eigenvalue weighted by Gasteiger charge is -2.10. The summed E-state index contributed by atoms with van der Waals surface area (Å²) < 4.78 is 26.1. The van der Waals surface area contributed by atoms with E-state index in [4.69, 9.17) is 5.11 Å². The van der Waals surface area contributed by atoms with Crippen LogP contribution in [0.25, 0.3) is 0 Å². The summed E-state index contributed by atoms with van der Waals surface area (Å²) in [5.41, 5.74) is -0.978. The highest BCUT2D eigenvalue weighted by Crippen LogP contribution is 2.20. The van der Waals surface area contributed by atoms with E-state index in [0.717, 1.165) is 0 Å². The first-order valence-electron chi connectivity index (χ1n) is 5.83. The van der Waals surface area contributed by atoms with E-state index in [1.165, 1.54) is 7.05 Å². The number of rotatable bonds is 5. The first-order valence-corrected chi connectivity index (χ1v) is 5.83. The number of carbonyl (C=O) groups excluding carboxylic acids is 2. The second kappa shape index (κ2) is 7.17. The van der Waals surface area contributed by atoms with Gasteiger partial charge in [-0.1, -0.05) is 0 Å². The lowest BCUT2D eigenvalue weighted by Crippen LogP contribution is -2.33. The van der Waals surface area contributed by atoms with E-state index in [1.54, 1.807) is 0 Å². The van der Waals surface area contributed by atoms with E-state index in [9.17, 15) is 23.2 Å². The topological polar surface area (TPSA) is 108 Å². The molecule has 0 spiro atoms. The molecule has 1 rings (SSSR count). The van der Waals surface area contributed by atoms with Crippen molar-refractivity contribution in [2.24, 2.45) is 0 Å². The summed E-state index contributed by atoms with van der Waals surface area (Å²) in [7, 11) is 1.43. The largest absolute Gasteiger partial charge is 0.478 e. The van der Waals surface area contributed by atoms with E-state index < -0.39 is 29.2 Å². The summed E-state index contributed by atoms with van der Waals surface area (Å²) in [5.74, 6) is -4.44. The average molecular weight is 301 g/mol. The van der Waals surface area contributed by atoms with E-state index in [0.29, 0.717) is 12.1 Å². The number of urea groups is 1. The van der Waals surface area contributed by atoms with E-state index in [2.05, 4.69) is 16.0 Å². The van der Waals surface area contributed by atoms with Gasteiger partial charge in [0, 0.05) is 26.1 Å². The fourth-order valence-electron chi connectivity index (χ4n) is 1.41. The molecule has 0 radical (unpaired) electrons. The molecule has 0 aliphatic carbocycles. The minimum absolute atomic E-state index is 0.00239. The molecular formula is C12H13F2N3O4. The van der Waals surface area contributed by atoms with Gasteiger partial charge in [-0.3, -0.25) is 4.79 Å². The number of nitrogens with one attached hydrogen (secondary N) is 3. The Morgan fingerprint density at radius 3 is 2.38 bits per heavy atom. The Kier molecular flexibility index (Phi) is 5.58. The Morgan fingerprint density at radius 1 is 1.19 bits per heavy atom. The highest BCUT2D eigenvalue weighted by molar-refractivity contribution is 6.00. The Balaban J connectivity index is 2.73. The molecule has 1 aromatic carbocycles. The van der Waals surface area contributed by atoms with Gasteiger partial charge in [-0.05, 0) is 6.07 Å². The smallest absolute Gasteiger partial charge is 0.337 e. The normalized spacial score (nSPS) is 9.86. The molecule has 0 aliphatic heterocycles. The van der Waals surface area contributed by atoms with E-state index in [1.807, 2.05) is 0 Å². The van der Waals surface area contributed by atoms with Gasteiger partial charge in [-0.25, -0.2) is 18.4 Å². The molecule has 114 valence electrons. The van der Waals surface area contributed by atoms with Crippen LogP contribution in [-0.2, 0) is 4.79 Å². The van der Waals surface area contributed by atoms with Crippen LogP contribution in [0.4, 0.5) is 19.3 Å². The Hall–Kier alpha value is -2.71. The summed E-state index contributed by atoms with van der Waals surface area (Å²) in [5, 5.41) is 15.6. The van der Waals surface area contributed by atoms with Crippen LogP contribution in [0.3, 0.4) is 0 Å². The molecule has 0 unspecified atom stereocenters. The maximum Gasteiger partial charge on any atom is 0.337 e. The maximum atomic E-state index is 13.1. The number of hydrogen-bond donors (Lipinski definition) is 4. The number of hydrogen-bond acceptors (Lipinski definition) is 3. The number of carbonyl (C=O) groups is 3. The third-order valence-corrected chi connectivity index (χ3v) is 2.46. The zero-order chi connectivity index (χ0) is 16.0. The summed E-state index contributed by atoms with van der Waals surface area (Å²) >= 11 is 0. The molecule has 1 aromatic rings. The van der Waals surface area contributed by atoms with Crippen LogP contribution in [0.15, 0.2) is 12.1 Å². The van der Waals surface area contributed by atoms with Gasteiger partial charge in [0.2, 0.25) is 5.91 Å². The number of aromatic carboxylic acids is 1. The van der Waals surface area contributed by atoms with Gasteiger partial charge in [-0.2, -0.15) is 0 Å². The van der Waals surface area contributed by atoms with Crippen LogP contribution < -0.4 is 16.0 Å². The fourth-order valence-corrected chi connectivity index (χ4v) is 1.41. The van der Waals surface area contributed by atoms with Crippen LogP contribution in [0.5, 0.6) is 0 Å². The van der Waals surface area contributed by atoms with Gasteiger partial charge >= 0.3 is 12.0 Å². The van der Waals surface area contributed by atoms with Gasteiger partial charge in [0.15, 0.2) is 11.6 Å². The van der Waals surface area contributed by atoms with Gasteiger partial charge in [0.05, 0.1) is 11.3 Å². The van der Waals surface area contributed by atoms with Crippen molar-refractivity contribution < 1.29 is 28.3 Å². The van der Waals surface area contributed by atoms with Gasteiger partial charge in [0.25, 0.3) is 0 Å². The third-order valence-electron chi connectivity index (χ3n) is 2.46. The first-order chi connectivity index (χ1) is 9.85. The molecule has 0 fully saturated rings. The molecular weight excluding hydrogens is 288 g/mol. The molecule has 0 heterocycles. The van der Waals surface area contributed by atoms with Crippen LogP contribution in [-0.4, -0.2) is 36.6 Å². The van der Waals surface area contributed by atoms with Crippen molar-refractivity contribution in [3.63, 3.8) is 0 Å². The second-order valence-electron chi connectivity index (χ2n) is 3.92. The van der Waals surface area contributed by atoms with Crippen LogP contribution in [0.1, 0.15) is 16.8 Å². The van der Waals surface area contributed by atoms with Crippen molar-refractivity contribution in [2.45, 2.75) is 6.42 Å². The lowest BCUT2D eigenvalue weighted by molar-refractivity contribution is -0.120. The quantitative estimate of drug-likeness (QED) is 0.648. The predicted octanol–water partition coefficient (Wildman–Crippen LogP) is 0.921. The van der Waals surface area contributed by atoms with E-state index >= 15 is 0 Å². The van der Waals surface area contributed by atoms with Crippen molar-refractivity contribution in [3.8, 4) is 0 Å². The number of halogens is 2. The van der Waals surface area contributed by atoms with Gasteiger partial charge in [0.1, 0.15) is 0 Å². The van der Waals surface area contributed by atoms with Crippen molar-refractivity contribution in [1.29, 1.82) is 0 Å². The molecule has 0 saturated carbocycles. The number of amides is 3. The molecule has 0 aliphatic rings. The van der Waals surface area contributed by atoms with Crippen LogP contribution >= 0.6 is 0 Å². The number of carboxylic acids is 1. The van der Waals surface area contributed by atoms with Crippen LogP contribution in [0, 0.1) is 11.6 Å². The zero-order valence-corrected chi connectivity index (χ0v) is 11.0. The lowest BCUT2D eigenvalue weighted by atomic mass is 10.1. The average Bonchev–Trinajstić information content (AvgIpc) is 2.42. The summed E-state index contributed by atoms with van der Waals surface area (Å²) in [6.45, 7) is -0.00239. The number of benzene rings is 1. The minimum Gasteiger partial charge on any atom is -0.478 e. The maximum absolute atomic E-state index is 13.1. The molecule has 3 amide bonds. The van der Waals surface area contributed by atoms with Gasteiger partial charge in [-0.15, -0.1) is 0 Å². The van der Waals surface area contributed by atoms with Crippen molar-refractivity contribution >= 4 is 23.6 Å². The van der Waals surface area contributed by atoms with E-state index in [-0.39, 0.29) is 24.6 Å².